The van der Waals surface area contributed by atoms with Crippen molar-refractivity contribution in [1.82, 2.24) is 14.9 Å². The van der Waals surface area contributed by atoms with E-state index in [2.05, 4.69) is 50.1 Å². The van der Waals surface area contributed by atoms with Gasteiger partial charge in [0.05, 0.1) is 16.3 Å². The summed E-state index contributed by atoms with van der Waals surface area (Å²) in [5.74, 6) is 1.05. The highest BCUT2D eigenvalue weighted by Crippen LogP contribution is 2.36. The molecular weight excluding hydrogens is 420 g/mol. The van der Waals surface area contributed by atoms with Gasteiger partial charge >= 0.3 is 0 Å². The Hall–Kier alpha value is -3.18. The van der Waals surface area contributed by atoms with Crippen LogP contribution >= 0.6 is 11.3 Å². The number of piperidine rings is 1. The molecule has 7 nitrogen and oxygen atoms in total. The van der Waals surface area contributed by atoms with Gasteiger partial charge in [0.15, 0.2) is 0 Å². The third kappa shape index (κ3) is 3.78. The molecule has 8 heteroatoms. The van der Waals surface area contributed by atoms with Gasteiger partial charge in [0, 0.05) is 50.9 Å². The number of thiophene rings is 1. The van der Waals surface area contributed by atoms with Crippen molar-refractivity contribution in [3.63, 3.8) is 0 Å². The summed E-state index contributed by atoms with van der Waals surface area (Å²) in [6.45, 7) is 6.91. The Balaban J connectivity index is 1.37. The Bertz CT molecular complexity index is 1150. The summed E-state index contributed by atoms with van der Waals surface area (Å²) in [4.78, 5) is 30.6. The molecule has 2 aliphatic rings. The van der Waals surface area contributed by atoms with E-state index in [9.17, 15) is 4.79 Å². The van der Waals surface area contributed by atoms with Gasteiger partial charge in [0.1, 0.15) is 17.0 Å². The number of carbonyl (C=O) groups excluding carboxylic acids is 1. The number of carbonyl (C=O) groups is 1. The van der Waals surface area contributed by atoms with Crippen molar-refractivity contribution in [1.29, 1.82) is 5.26 Å². The van der Waals surface area contributed by atoms with E-state index in [4.69, 9.17) is 5.26 Å². The zero-order valence-electron chi connectivity index (χ0n) is 18.2. The monoisotopic (exact) mass is 446 g/mol. The van der Waals surface area contributed by atoms with Gasteiger partial charge in [-0.15, -0.1) is 11.3 Å². The van der Waals surface area contributed by atoms with Gasteiger partial charge in [-0.05, 0) is 37.5 Å². The molecule has 3 aromatic rings. The van der Waals surface area contributed by atoms with Crippen molar-refractivity contribution in [2.75, 3.05) is 49.1 Å². The van der Waals surface area contributed by atoms with Crippen LogP contribution in [0.3, 0.4) is 0 Å². The van der Waals surface area contributed by atoms with Gasteiger partial charge in [-0.3, -0.25) is 4.79 Å². The van der Waals surface area contributed by atoms with Crippen molar-refractivity contribution in [3.8, 4) is 6.07 Å². The average Bonchev–Trinajstić information content (AvgIpc) is 3.21. The minimum atomic E-state index is 0.0572. The lowest BCUT2D eigenvalue weighted by molar-refractivity contribution is 0.0711. The van der Waals surface area contributed by atoms with Crippen molar-refractivity contribution in [2.45, 2.75) is 19.8 Å². The second-order valence-corrected chi connectivity index (χ2v) is 9.44. The molecule has 5 rings (SSSR count). The maximum Gasteiger partial charge on any atom is 0.264 e. The summed E-state index contributed by atoms with van der Waals surface area (Å²) < 4.78 is 0. The number of fused-ring (bicyclic) bond motifs is 1. The third-order valence-corrected chi connectivity index (χ3v) is 7.75. The molecule has 0 atom stereocenters. The fraction of sp³-hybridized carbons (Fsp3) is 0.417. The molecule has 0 spiro atoms. The van der Waals surface area contributed by atoms with Crippen LogP contribution in [-0.4, -0.2) is 60.0 Å². The predicted octanol–water partition coefficient (Wildman–Crippen LogP) is 3.70. The van der Waals surface area contributed by atoms with Crippen LogP contribution in [0.25, 0.3) is 10.2 Å². The lowest BCUT2D eigenvalue weighted by atomic mass is 9.98. The third-order valence-electron chi connectivity index (χ3n) is 6.57. The smallest absolute Gasteiger partial charge is 0.264 e. The fourth-order valence-corrected chi connectivity index (χ4v) is 5.78. The fourth-order valence-electron chi connectivity index (χ4n) is 4.67. The van der Waals surface area contributed by atoms with E-state index in [-0.39, 0.29) is 11.8 Å². The normalized spacial score (nSPS) is 17.6. The number of hydrogen-bond acceptors (Lipinski definition) is 7. The number of nitriles is 1. The van der Waals surface area contributed by atoms with Crippen molar-refractivity contribution < 1.29 is 4.79 Å². The molecule has 0 radical (unpaired) electrons. The molecule has 0 N–H and O–H groups in total. The number of para-hydroxylation sites is 1. The van der Waals surface area contributed by atoms with Gasteiger partial charge in [-0.2, -0.15) is 5.26 Å². The summed E-state index contributed by atoms with van der Waals surface area (Å²) in [6.07, 6.45) is 3.12. The molecule has 0 saturated carbocycles. The number of amides is 1. The molecule has 0 aliphatic carbocycles. The highest BCUT2D eigenvalue weighted by atomic mass is 32.1. The summed E-state index contributed by atoms with van der Waals surface area (Å²) >= 11 is 1.46. The maximum absolute atomic E-state index is 13.3. The van der Waals surface area contributed by atoms with E-state index in [1.54, 1.807) is 6.33 Å². The molecule has 2 aromatic heterocycles. The topological polar surface area (TPSA) is 76.4 Å². The number of nitrogens with zero attached hydrogens (tertiary/aromatic N) is 6. The number of likely N-dealkylation sites (tertiary alicyclic amines) is 1. The molecule has 0 bridgehead atoms. The minimum absolute atomic E-state index is 0.0572. The molecule has 32 heavy (non-hydrogen) atoms. The van der Waals surface area contributed by atoms with Gasteiger partial charge in [-0.1, -0.05) is 18.2 Å². The van der Waals surface area contributed by atoms with E-state index in [1.165, 1.54) is 17.0 Å². The highest BCUT2D eigenvalue weighted by Gasteiger charge is 2.29. The van der Waals surface area contributed by atoms with Gasteiger partial charge in [-0.25, -0.2) is 9.97 Å². The molecule has 2 aliphatic heterocycles. The lowest BCUT2D eigenvalue weighted by Crippen LogP contribution is -2.46. The molecule has 2 saturated heterocycles. The molecule has 164 valence electrons. The van der Waals surface area contributed by atoms with E-state index >= 15 is 0 Å². The predicted molar refractivity (Wildman–Crippen MR) is 127 cm³/mol. The summed E-state index contributed by atoms with van der Waals surface area (Å²) in [5, 5.41) is 10.1. The average molecular weight is 447 g/mol. The van der Waals surface area contributed by atoms with Crippen LogP contribution in [0.1, 0.15) is 28.1 Å². The van der Waals surface area contributed by atoms with E-state index < -0.39 is 0 Å². The van der Waals surface area contributed by atoms with Crippen LogP contribution in [0.4, 0.5) is 11.5 Å². The van der Waals surface area contributed by atoms with Crippen LogP contribution in [0.2, 0.25) is 0 Å². The van der Waals surface area contributed by atoms with E-state index in [0.717, 1.165) is 65.5 Å². The zero-order valence-corrected chi connectivity index (χ0v) is 19.0. The van der Waals surface area contributed by atoms with Gasteiger partial charge in [0.25, 0.3) is 5.91 Å². The lowest BCUT2D eigenvalue weighted by Gasteiger charge is -2.37. The highest BCUT2D eigenvalue weighted by molar-refractivity contribution is 7.20. The van der Waals surface area contributed by atoms with Gasteiger partial charge in [0.2, 0.25) is 0 Å². The summed E-state index contributed by atoms with van der Waals surface area (Å²) in [5.41, 5.74) is 2.22. The minimum Gasteiger partial charge on any atom is -0.368 e. The first-order chi connectivity index (χ1) is 15.7. The Morgan fingerprint density at radius 2 is 1.72 bits per heavy atom. The van der Waals surface area contributed by atoms with Crippen molar-refractivity contribution in [3.05, 3.63) is 47.1 Å². The molecule has 2 fully saturated rings. The zero-order chi connectivity index (χ0) is 22.1. The maximum atomic E-state index is 13.3. The van der Waals surface area contributed by atoms with Crippen LogP contribution in [0.5, 0.6) is 0 Å². The molecule has 1 aromatic carbocycles. The quantitative estimate of drug-likeness (QED) is 0.611. The Morgan fingerprint density at radius 3 is 2.41 bits per heavy atom. The second kappa shape index (κ2) is 8.75. The molecular formula is C24H26N6OS. The van der Waals surface area contributed by atoms with Crippen LogP contribution in [-0.2, 0) is 0 Å². The van der Waals surface area contributed by atoms with Crippen LogP contribution < -0.4 is 9.80 Å². The molecule has 4 heterocycles. The number of hydrogen-bond donors (Lipinski definition) is 0. The number of anilines is 2. The Morgan fingerprint density at radius 1 is 1.03 bits per heavy atom. The van der Waals surface area contributed by atoms with Crippen molar-refractivity contribution in [2.24, 2.45) is 5.92 Å². The molecule has 1 amide bonds. The first kappa shape index (κ1) is 20.7. The standard InChI is InChI=1S/C24H26N6OS/c1-17-20-22(29-13-11-28(12-14-29)19-5-3-2-4-6-19)26-16-27-23(20)32-21(17)24(31)30-9-7-18(15-25)8-10-30/h2-6,16,18H,7-14H2,1H3. The molecule has 0 unspecified atom stereocenters. The first-order valence-electron chi connectivity index (χ1n) is 11.1. The largest absolute Gasteiger partial charge is 0.368 e. The summed E-state index contributed by atoms with van der Waals surface area (Å²) in [7, 11) is 0. The number of rotatable bonds is 3. The second-order valence-electron chi connectivity index (χ2n) is 8.44. The Kier molecular flexibility index (Phi) is 5.66. The number of piperazine rings is 1. The summed E-state index contributed by atoms with van der Waals surface area (Å²) in [6, 6.07) is 12.8. The number of aromatic nitrogens is 2. The Labute approximate surface area is 191 Å². The van der Waals surface area contributed by atoms with Gasteiger partial charge < -0.3 is 14.7 Å². The SMILES string of the molecule is Cc1c(C(=O)N2CCC(C#N)CC2)sc2ncnc(N3CCN(c4ccccc4)CC3)c12. The number of benzene rings is 1. The first-order valence-corrected chi connectivity index (χ1v) is 12.0. The number of aryl methyl sites for hydroxylation is 1. The van der Waals surface area contributed by atoms with Crippen LogP contribution in [0.15, 0.2) is 36.7 Å². The van der Waals surface area contributed by atoms with E-state index in [1.807, 2.05) is 17.9 Å². The van der Waals surface area contributed by atoms with Crippen molar-refractivity contribution >= 4 is 39.0 Å². The van der Waals surface area contributed by atoms with E-state index in [0.29, 0.717) is 13.1 Å². The van der Waals surface area contributed by atoms with Crippen LogP contribution in [0, 0.1) is 24.2 Å².